The number of carbonyl (C=O) groups is 2. The van der Waals surface area contributed by atoms with Crippen molar-refractivity contribution in [2.45, 2.75) is 19.6 Å². The molecule has 1 aromatic heterocycles. The third-order valence-corrected chi connectivity index (χ3v) is 3.64. The number of benzene rings is 1. The Kier molecular flexibility index (Phi) is 5.87. The van der Waals surface area contributed by atoms with Gasteiger partial charge in [0, 0.05) is 30.5 Å². The summed E-state index contributed by atoms with van der Waals surface area (Å²) in [5, 5.41) is 0. The van der Waals surface area contributed by atoms with E-state index < -0.39 is 12.1 Å². The van der Waals surface area contributed by atoms with Gasteiger partial charge in [-0.15, -0.1) is 0 Å². The third-order valence-electron chi connectivity index (χ3n) is 3.21. The number of nitrogens with zero attached hydrogens (tertiary/aromatic N) is 2. The molecule has 0 fully saturated rings. The van der Waals surface area contributed by atoms with Crippen molar-refractivity contribution in [2.75, 3.05) is 7.05 Å². The van der Waals surface area contributed by atoms with Gasteiger partial charge >= 0.3 is 5.97 Å². The number of esters is 1. The molecular formula is C17H17BrN2O3. The smallest absolute Gasteiger partial charge is 0.340 e. The topological polar surface area (TPSA) is 59.5 Å². The van der Waals surface area contributed by atoms with Gasteiger partial charge in [-0.25, -0.2) is 4.79 Å². The van der Waals surface area contributed by atoms with E-state index in [9.17, 15) is 9.59 Å². The van der Waals surface area contributed by atoms with Gasteiger partial charge in [0.1, 0.15) is 0 Å². The minimum atomic E-state index is -0.866. The Bertz CT molecular complexity index is 691. The Morgan fingerprint density at radius 3 is 2.61 bits per heavy atom. The number of rotatable bonds is 5. The van der Waals surface area contributed by atoms with Crippen molar-refractivity contribution in [1.29, 1.82) is 0 Å². The number of amides is 1. The van der Waals surface area contributed by atoms with E-state index in [4.69, 9.17) is 4.74 Å². The van der Waals surface area contributed by atoms with Crippen LogP contribution in [0.1, 0.15) is 22.8 Å². The number of aromatic nitrogens is 1. The summed E-state index contributed by atoms with van der Waals surface area (Å²) in [5.41, 5.74) is 1.31. The fourth-order valence-electron chi connectivity index (χ4n) is 2.05. The summed E-state index contributed by atoms with van der Waals surface area (Å²) in [6.45, 7) is 2.02. The van der Waals surface area contributed by atoms with Gasteiger partial charge in [-0.05, 0) is 34.5 Å². The first-order chi connectivity index (χ1) is 11.0. The molecular weight excluding hydrogens is 360 g/mol. The Labute approximate surface area is 143 Å². The maximum absolute atomic E-state index is 12.3. The average molecular weight is 377 g/mol. The predicted octanol–water partition coefficient (Wildman–Crippen LogP) is 3.05. The minimum Gasteiger partial charge on any atom is -0.449 e. The molecule has 0 N–H and O–H groups in total. The second-order valence-corrected chi connectivity index (χ2v) is 6.03. The van der Waals surface area contributed by atoms with Gasteiger partial charge in [0.05, 0.1) is 5.56 Å². The van der Waals surface area contributed by atoms with Gasteiger partial charge < -0.3 is 9.64 Å². The standard InChI is InChI=1S/C17H17BrN2O3/c1-12(23-17(22)14-8-15(18)10-19-9-14)16(21)20(2)11-13-6-4-3-5-7-13/h3-10,12H,11H2,1-2H3. The van der Waals surface area contributed by atoms with Gasteiger partial charge in [-0.1, -0.05) is 30.3 Å². The SMILES string of the molecule is CC(OC(=O)c1cncc(Br)c1)C(=O)N(C)Cc1ccccc1. The summed E-state index contributed by atoms with van der Waals surface area (Å²) in [6.07, 6.45) is 2.10. The van der Waals surface area contributed by atoms with Crippen LogP contribution in [0.4, 0.5) is 0 Å². The van der Waals surface area contributed by atoms with Crippen LogP contribution in [0.15, 0.2) is 53.3 Å². The van der Waals surface area contributed by atoms with Crippen LogP contribution in [0.25, 0.3) is 0 Å². The van der Waals surface area contributed by atoms with Crippen LogP contribution in [0.3, 0.4) is 0 Å². The van der Waals surface area contributed by atoms with Crippen LogP contribution in [-0.4, -0.2) is 34.9 Å². The van der Waals surface area contributed by atoms with Crippen LogP contribution in [0, 0.1) is 0 Å². The highest BCUT2D eigenvalue weighted by atomic mass is 79.9. The second-order valence-electron chi connectivity index (χ2n) is 5.12. The van der Waals surface area contributed by atoms with E-state index >= 15 is 0 Å². The van der Waals surface area contributed by atoms with Crippen LogP contribution >= 0.6 is 15.9 Å². The van der Waals surface area contributed by atoms with E-state index in [1.807, 2.05) is 30.3 Å². The molecule has 1 amide bonds. The van der Waals surface area contributed by atoms with Crippen molar-refractivity contribution in [3.8, 4) is 0 Å². The molecule has 2 aromatic rings. The van der Waals surface area contributed by atoms with Crippen LogP contribution in [-0.2, 0) is 16.1 Å². The Morgan fingerprint density at radius 2 is 1.96 bits per heavy atom. The first kappa shape index (κ1) is 17.1. The molecule has 0 saturated carbocycles. The summed E-state index contributed by atoms with van der Waals surface area (Å²) >= 11 is 3.24. The Balaban J connectivity index is 1.95. The summed E-state index contributed by atoms with van der Waals surface area (Å²) in [6, 6.07) is 11.2. The lowest BCUT2D eigenvalue weighted by Crippen LogP contribution is -2.37. The van der Waals surface area contributed by atoms with E-state index in [1.165, 1.54) is 11.1 Å². The van der Waals surface area contributed by atoms with Crippen LogP contribution in [0.2, 0.25) is 0 Å². The van der Waals surface area contributed by atoms with Gasteiger partial charge in [0.15, 0.2) is 6.10 Å². The number of ether oxygens (including phenoxy) is 1. The monoisotopic (exact) mass is 376 g/mol. The Hall–Kier alpha value is -2.21. The van der Waals surface area contributed by atoms with Crippen molar-refractivity contribution in [2.24, 2.45) is 0 Å². The number of hydrogen-bond donors (Lipinski definition) is 0. The summed E-state index contributed by atoms with van der Waals surface area (Å²) < 4.78 is 5.89. The average Bonchev–Trinajstić information content (AvgIpc) is 2.54. The zero-order valence-electron chi connectivity index (χ0n) is 12.9. The van der Waals surface area contributed by atoms with E-state index in [-0.39, 0.29) is 5.91 Å². The lowest BCUT2D eigenvalue weighted by molar-refractivity contribution is -0.139. The van der Waals surface area contributed by atoms with E-state index in [2.05, 4.69) is 20.9 Å². The minimum absolute atomic E-state index is 0.259. The predicted molar refractivity (Wildman–Crippen MR) is 89.7 cm³/mol. The number of hydrogen-bond acceptors (Lipinski definition) is 4. The van der Waals surface area contributed by atoms with Gasteiger partial charge in [0.25, 0.3) is 5.91 Å². The molecule has 0 aliphatic carbocycles. The molecule has 1 aromatic carbocycles. The zero-order chi connectivity index (χ0) is 16.8. The summed E-state index contributed by atoms with van der Waals surface area (Å²) in [5.74, 6) is -0.835. The van der Waals surface area contributed by atoms with Crippen LogP contribution < -0.4 is 0 Å². The van der Waals surface area contributed by atoms with Gasteiger partial charge in [-0.2, -0.15) is 0 Å². The molecule has 0 aliphatic heterocycles. The summed E-state index contributed by atoms with van der Waals surface area (Å²) in [4.78, 5) is 29.8. The molecule has 0 saturated heterocycles. The lowest BCUT2D eigenvalue weighted by atomic mass is 10.2. The molecule has 23 heavy (non-hydrogen) atoms. The Morgan fingerprint density at radius 1 is 1.26 bits per heavy atom. The summed E-state index contributed by atoms with van der Waals surface area (Å²) in [7, 11) is 1.68. The van der Waals surface area contributed by atoms with E-state index in [0.29, 0.717) is 16.6 Å². The highest BCUT2D eigenvalue weighted by Crippen LogP contribution is 2.12. The lowest BCUT2D eigenvalue weighted by Gasteiger charge is -2.21. The molecule has 6 heteroatoms. The molecule has 0 spiro atoms. The number of carbonyl (C=O) groups excluding carboxylic acids is 2. The molecule has 5 nitrogen and oxygen atoms in total. The van der Waals surface area contributed by atoms with Crippen LogP contribution in [0.5, 0.6) is 0 Å². The van der Waals surface area contributed by atoms with E-state index in [0.717, 1.165) is 5.56 Å². The van der Waals surface area contributed by atoms with Crippen molar-refractivity contribution < 1.29 is 14.3 Å². The maximum atomic E-state index is 12.3. The number of pyridine rings is 1. The maximum Gasteiger partial charge on any atom is 0.340 e. The van der Waals surface area contributed by atoms with Crippen molar-refractivity contribution in [3.63, 3.8) is 0 Å². The molecule has 2 rings (SSSR count). The number of halogens is 1. The molecule has 120 valence electrons. The van der Waals surface area contributed by atoms with Gasteiger partial charge in [-0.3, -0.25) is 9.78 Å². The molecule has 0 aliphatic rings. The normalized spacial score (nSPS) is 11.6. The van der Waals surface area contributed by atoms with Crippen molar-refractivity contribution >= 4 is 27.8 Å². The van der Waals surface area contributed by atoms with Crippen molar-refractivity contribution in [1.82, 2.24) is 9.88 Å². The second kappa shape index (κ2) is 7.87. The molecule has 1 unspecified atom stereocenters. The first-order valence-corrected chi connectivity index (χ1v) is 7.87. The molecule has 1 atom stereocenters. The highest BCUT2D eigenvalue weighted by molar-refractivity contribution is 9.10. The molecule has 0 radical (unpaired) electrons. The molecule has 0 bridgehead atoms. The molecule has 1 heterocycles. The zero-order valence-corrected chi connectivity index (χ0v) is 14.5. The fraction of sp³-hybridized carbons (Fsp3) is 0.235. The third kappa shape index (κ3) is 4.89. The highest BCUT2D eigenvalue weighted by Gasteiger charge is 2.22. The fourth-order valence-corrected chi connectivity index (χ4v) is 2.41. The van der Waals surface area contributed by atoms with E-state index in [1.54, 1.807) is 26.2 Å². The first-order valence-electron chi connectivity index (χ1n) is 7.08. The van der Waals surface area contributed by atoms with Crippen molar-refractivity contribution in [3.05, 3.63) is 64.4 Å². The largest absolute Gasteiger partial charge is 0.449 e. The van der Waals surface area contributed by atoms with Gasteiger partial charge in [0.2, 0.25) is 0 Å². The number of likely N-dealkylation sites (N-methyl/N-ethyl adjacent to an activating group) is 1. The quantitative estimate of drug-likeness (QED) is 0.752.